The van der Waals surface area contributed by atoms with Gasteiger partial charge in [0.15, 0.2) is 0 Å². The summed E-state index contributed by atoms with van der Waals surface area (Å²) >= 11 is 3.56. The van der Waals surface area contributed by atoms with E-state index >= 15 is 0 Å². The van der Waals surface area contributed by atoms with Gasteiger partial charge in [-0.05, 0) is 50.0 Å². The first kappa shape index (κ1) is 10.5. The molecule has 0 spiro atoms. The van der Waals surface area contributed by atoms with E-state index in [1.807, 2.05) is 0 Å². The fourth-order valence-electron chi connectivity index (χ4n) is 1.34. The van der Waals surface area contributed by atoms with Crippen LogP contribution < -0.4 is 0 Å². The molecule has 0 fully saturated rings. The topological polar surface area (TPSA) is 0 Å². The highest BCUT2D eigenvalue weighted by Crippen LogP contribution is 2.25. The van der Waals surface area contributed by atoms with E-state index in [0.29, 0.717) is 0 Å². The smallest absolute Gasteiger partial charge is 0.0234 e. The molecule has 0 saturated carbocycles. The Kier molecular flexibility index (Phi) is 3.32. The van der Waals surface area contributed by atoms with E-state index in [0.717, 1.165) is 0 Å². The minimum Gasteiger partial charge on any atom is -0.0841 e. The van der Waals surface area contributed by atoms with Gasteiger partial charge in [-0.3, -0.25) is 0 Å². The molecule has 1 aromatic carbocycles. The first-order chi connectivity index (χ1) is 6.06. The number of halogens is 1. The van der Waals surface area contributed by atoms with Crippen molar-refractivity contribution in [3.63, 3.8) is 0 Å². The third kappa shape index (κ3) is 2.22. The summed E-state index contributed by atoms with van der Waals surface area (Å²) in [5.41, 5.74) is 5.26. The maximum absolute atomic E-state index is 3.56. The zero-order valence-electron chi connectivity index (χ0n) is 8.61. The van der Waals surface area contributed by atoms with Crippen LogP contribution in [0.15, 0.2) is 22.7 Å². The lowest BCUT2D eigenvalue weighted by Crippen LogP contribution is -1.87. The van der Waals surface area contributed by atoms with Gasteiger partial charge < -0.3 is 0 Å². The van der Waals surface area contributed by atoms with Crippen LogP contribution in [-0.4, -0.2) is 0 Å². The van der Waals surface area contributed by atoms with Gasteiger partial charge in [0, 0.05) is 4.47 Å². The van der Waals surface area contributed by atoms with Crippen LogP contribution in [0.4, 0.5) is 0 Å². The van der Waals surface area contributed by atoms with Gasteiger partial charge in [0.25, 0.3) is 0 Å². The van der Waals surface area contributed by atoms with E-state index in [2.05, 4.69) is 61.8 Å². The van der Waals surface area contributed by atoms with Crippen molar-refractivity contribution in [2.75, 3.05) is 0 Å². The first-order valence-electron chi connectivity index (χ1n) is 4.46. The van der Waals surface area contributed by atoms with Crippen molar-refractivity contribution in [2.45, 2.75) is 27.7 Å². The molecule has 1 rings (SSSR count). The summed E-state index contributed by atoms with van der Waals surface area (Å²) in [6.07, 6.45) is 2.14. The van der Waals surface area contributed by atoms with E-state index in [-0.39, 0.29) is 0 Å². The highest BCUT2D eigenvalue weighted by molar-refractivity contribution is 9.10. The Morgan fingerprint density at radius 3 is 2.08 bits per heavy atom. The summed E-state index contributed by atoms with van der Waals surface area (Å²) in [5.74, 6) is 0. The van der Waals surface area contributed by atoms with Gasteiger partial charge in [-0.25, -0.2) is 0 Å². The molecule has 1 aromatic rings. The average molecular weight is 239 g/mol. The molecular weight excluding hydrogens is 224 g/mol. The van der Waals surface area contributed by atoms with Crippen LogP contribution in [0.3, 0.4) is 0 Å². The van der Waals surface area contributed by atoms with Crippen LogP contribution in [0.1, 0.15) is 30.5 Å². The summed E-state index contributed by atoms with van der Waals surface area (Å²) in [6.45, 7) is 8.47. The minimum atomic E-state index is 1.22. The fraction of sp³-hybridized carbons (Fsp3) is 0.333. The van der Waals surface area contributed by atoms with Gasteiger partial charge in [0.05, 0.1) is 0 Å². The minimum absolute atomic E-state index is 1.22. The van der Waals surface area contributed by atoms with E-state index in [1.165, 1.54) is 26.7 Å². The molecule has 0 N–H and O–H groups in total. The molecule has 0 unspecified atom stereocenters. The molecule has 0 aliphatic heterocycles. The average Bonchev–Trinajstić information content (AvgIpc) is 2.12. The molecule has 0 aliphatic carbocycles. The Labute approximate surface area is 88.8 Å². The third-order valence-electron chi connectivity index (χ3n) is 2.32. The van der Waals surface area contributed by atoms with Crippen LogP contribution >= 0.6 is 15.9 Å². The molecule has 13 heavy (non-hydrogen) atoms. The van der Waals surface area contributed by atoms with Crippen LogP contribution in [-0.2, 0) is 0 Å². The summed E-state index contributed by atoms with van der Waals surface area (Å²) in [6, 6.07) is 4.43. The molecule has 1 heteroatoms. The zero-order chi connectivity index (χ0) is 10.0. The van der Waals surface area contributed by atoms with Crippen LogP contribution in [0.5, 0.6) is 0 Å². The van der Waals surface area contributed by atoms with E-state index in [4.69, 9.17) is 0 Å². The van der Waals surface area contributed by atoms with E-state index in [9.17, 15) is 0 Å². The molecule has 0 radical (unpaired) electrons. The molecule has 0 saturated heterocycles. The monoisotopic (exact) mass is 238 g/mol. The highest BCUT2D eigenvalue weighted by atomic mass is 79.9. The summed E-state index contributed by atoms with van der Waals surface area (Å²) in [7, 11) is 0. The predicted molar refractivity (Wildman–Crippen MR) is 62.9 cm³/mol. The number of rotatable bonds is 1. The maximum atomic E-state index is 3.56. The van der Waals surface area contributed by atoms with Gasteiger partial charge in [-0.1, -0.05) is 34.1 Å². The number of aryl methyl sites for hydroxylation is 2. The van der Waals surface area contributed by atoms with Crippen molar-refractivity contribution in [1.29, 1.82) is 0 Å². The lowest BCUT2D eigenvalue weighted by atomic mass is 10.0. The lowest BCUT2D eigenvalue weighted by molar-refractivity contribution is 1.32. The maximum Gasteiger partial charge on any atom is 0.0234 e. The van der Waals surface area contributed by atoms with Crippen molar-refractivity contribution in [3.05, 3.63) is 39.4 Å². The SMILES string of the molecule is C/C=C(\C)c1cc(C)c(Br)c(C)c1. The van der Waals surface area contributed by atoms with Crippen molar-refractivity contribution < 1.29 is 0 Å². The summed E-state index contributed by atoms with van der Waals surface area (Å²) in [4.78, 5) is 0. The summed E-state index contributed by atoms with van der Waals surface area (Å²) in [5, 5.41) is 0. The molecule has 0 bridgehead atoms. The molecule has 0 aromatic heterocycles. The Bertz CT molecular complexity index is 325. The first-order valence-corrected chi connectivity index (χ1v) is 5.25. The standard InChI is InChI=1S/C12H15Br/c1-5-8(2)11-6-9(3)12(13)10(4)7-11/h5-7H,1-4H3/b8-5+. The molecule has 0 aliphatic rings. The van der Waals surface area contributed by atoms with Crippen molar-refractivity contribution in [2.24, 2.45) is 0 Å². The zero-order valence-corrected chi connectivity index (χ0v) is 10.2. The highest BCUT2D eigenvalue weighted by Gasteiger charge is 2.02. The Balaban J connectivity index is 3.29. The molecule has 0 atom stereocenters. The normalized spacial score (nSPS) is 11.9. The van der Waals surface area contributed by atoms with Crippen molar-refractivity contribution in [1.82, 2.24) is 0 Å². The molecule has 0 heterocycles. The number of hydrogen-bond donors (Lipinski definition) is 0. The second kappa shape index (κ2) is 4.10. The molecule has 0 nitrogen and oxygen atoms in total. The Morgan fingerprint density at radius 2 is 1.69 bits per heavy atom. The second-order valence-electron chi connectivity index (χ2n) is 3.40. The van der Waals surface area contributed by atoms with Crippen LogP contribution in [0.2, 0.25) is 0 Å². The summed E-state index contributed by atoms with van der Waals surface area (Å²) < 4.78 is 1.22. The number of allylic oxidation sites excluding steroid dienone is 2. The van der Waals surface area contributed by atoms with Crippen molar-refractivity contribution in [3.8, 4) is 0 Å². The van der Waals surface area contributed by atoms with Crippen LogP contribution in [0.25, 0.3) is 5.57 Å². The van der Waals surface area contributed by atoms with Gasteiger partial charge >= 0.3 is 0 Å². The van der Waals surface area contributed by atoms with Gasteiger partial charge in [-0.15, -0.1) is 0 Å². The Hall–Kier alpha value is -0.560. The van der Waals surface area contributed by atoms with E-state index < -0.39 is 0 Å². The van der Waals surface area contributed by atoms with Crippen LogP contribution in [0, 0.1) is 13.8 Å². The van der Waals surface area contributed by atoms with Crippen molar-refractivity contribution >= 4 is 21.5 Å². The van der Waals surface area contributed by atoms with E-state index in [1.54, 1.807) is 0 Å². The molecular formula is C12H15Br. The quantitative estimate of drug-likeness (QED) is 0.677. The molecule has 0 amide bonds. The largest absolute Gasteiger partial charge is 0.0841 e. The third-order valence-corrected chi connectivity index (χ3v) is 3.58. The fourth-order valence-corrected chi connectivity index (χ4v) is 1.57. The van der Waals surface area contributed by atoms with Gasteiger partial charge in [0.1, 0.15) is 0 Å². The second-order valence-corrected chi connectivity index (χ2v) is 4.19. The lowest BCUT2D eigenvalue weighted by Gasteiger charge is -2.07. The number of hydrogen-bond acceptors (Lipinski definition) is 0. The number of benzene rings is 1. The van der Waals surface area contributed by atoms with Gasteiger partial charge in [0.2, 0.25) is 0 Å². The van der Waals surface area contributed by atoms with Gasteiger partial charge in [-0.2, -0.15) is 0 Å². The predicted octanol–water partition coefficient (Wildman–Crippen LogP) is 4.49. The Morgan fingerprint density at radius 1 is 1.23 bits per heavy atom. The molecule has 70 valence electrons.